The maximum absolute atomic E-state index is 13.1. The van der Waals surface area contributed by atoms with Gasteiger partial charge in [-0.05, 0) is 43.7 Å². The summed E-state index contributed by atoms with van der Waals surface area (Å²) < 4.78 is 18.3. The fraction of sp³-hybridized carbons (Fsp3) is 0.158. The van der Waals surface area contributed by atoms with Crippen molar-refractivity contribution in [3.63, 3.8) is 0 Å². The molecular weight excluding hydrogens is 378 g/mol. The van der Waals surface area contributed by atoms with Crippen molar-refractivity contribution >= 4 is 29.1 Å². The van der Waals surface area contributed by atoms with E-state index in [1.807, 2.05) is 0 Å². The van der Waals surface area contributed by atoms with E-state index in [4.69, 9.17) is 27.7 Å². The molecule has 1 unspecified atom stereocenters. The monoisotopic (exact) mass is 392 g/mol. The van der Waals surface area contributed by atoms with Gasteiger partial charge in [0, 0.05) is 5.56 Å². The van der Waals surface area contributed by atoms with Gasteiger partial charge in [0.2, 0.25) is 0 Å². The van der Waals surface area contributed by atoms with E-state index in [2.05, 4.69) is 10.5 Å². The summed E-state index contributed by atoms with van der Waals surface area (Å²) in [7, 11) is 0. The molecule has 0 radical (unpaired) electrons. The Hall–Kier alpha value is -2.37. The number of hydrogen-bond acceptors (Lipinski definition) is 3. The number of aromatic nitrogens is 1. The highest BCUT2D eigenvalue weighted by atomic mass is 35.5. The Kier molecular flexibility index (Phi) is 5.30. The molecule has 1 N–H and O–H groups in total. The number of benzene rings is 2. The Morgan fingerprint density at radius 3 is 2.38 bits per heavy atom. The zero-order chi connectivity index (χ0) is 18.8. The molecule has 0 aliphatic carbocycles. The van der Waals surface area contributed by atoms with Gasteiger partial charge in [-0.25, -0.2) is 4.39 Å². The molecule has 1 heterocycles. The summed E-state index contributed by atoms with van der Waals surface area (Å²) in [5.41, 5.74) is 1.74. The largest absolute Gasteiger partial charge is 0.360 e. The van der Waals surface area contributed by atoms with Gasteiger partial charge in [-0.15, -0.1) is 0 Å². The fourth-order valence-corrected chi connectivity index (χ4v) is 3.21. The first-order chi connectivity index (χ1) is 12.4. The average molecular weight is 393 g/mol. The van der Waals surface area contributed by atoms with Crippen LogP contribution in [0.3, 0.4) is 0 Å². The second-order valence-electron chi connectivity index (χ2n) is 5.81. The summed E-state index contributed by atoms with van der Waals surface area (Å²) in [5.74, 6) is -0.371. The highest BCUT2D eigenvalue weighted by Gasteiger charge is 2.25. The van der Waals surface area contributed by atoms with Crippen LogP contribution in [0, 0.1) is 12.7 Å². The van der Waals surface area contributed by atoms with E-state index in [0.29, 0.717) is 21.4 Å². The Balaban J connectivity index is 1.93. The van der Waals surface area contributed by atoms with Gasteiger partial charge < -0.3 is 9.84 Å². The van der Waals surface area contributed by atoms with Crippen molar-refractivity contribution in [2.45, 2.75) is 19.9 Å². The van der Waals surface area contributed by atoms with Crippen molar-refractivity contribution in [3.8, 4) is 11.3 Å². The molecule has 3 aromatic rings. The number of hydrogen-bond donors (Lipinski definition) is 1. The van der Waals surface area contributed by atoms with Crippen molar-refractivity contribution in [2.75, 3.05) is 0 Å². The molecule has 3 rings (SSSR count). The molecule has 1 atom stereocenters. The number of nitrogens with zero attached hydrogens (tertiary/aromatic N) is 1. The number of nitrogens with one attached hydrogen (secondary N) is 1. The first kappa shape index (κ1) is 18.4. The predicted octanol–water partition coefficient (Wildman–Crippen LogP) is 5.59. The molecule has 0 aliphatic rings. The minimum absolute atomic E-state index is 0.258. The second-order valence-corrected chi connectivity index (χ2v) is 6.62. The lowest BCUT2D eigenvalue weighted by Gasteiger charge is -2.15. The average Bonchev–Trinajstić information content (AvgIpc) is 2.96. The van der Waals surface area contributed by atoms with Crippen LogP contribution in [0.4, 0.5) is 4.39 Å². The van der Waals surface area contributed by atoms with Crippen molar-refractivity contribution in [3.05, 3.63) is 75.2 Å². The minimum Gasteiger partial charge on any atom is -0.360 e. The third-order valence-electron chi connectivity index (χ3n) is 4.01. The first-order valence-electron chi connectivity index (χ1n) is 7.85. The van der Waals surface area contributed by atoms with Crippen LogP contribution in [0.15, 0.2) is 47.0 Å². The van der Waals surface area contributed by atoms with Gasteiger partial charge >= 0.3 is 0 Å². The summed E-state index contributed by atoms with van der Waals surface area (Å²) in [5, 5.41) is 7.56. The Morgan fingerprint density at radius 1 is 1.15 bits per heavy atom. The van der Waals surface area contributed by atoms with E-state index < -0.39 is 0 Å². The third-order valence-corrected chi connectivity index (χ3v) is 4.64. The Bertz CT molecular complexity index is 934. The predicted molar refractivity (Wildman–Crippen MR) is 99.0 cm³/mol. The zero-order valence-electron chi connectivity index (χ0n) is 14.0. The quantitative estimate of drug-likeness (QED) is 0.629. The van der Waals surface area contributed by atoms with Gasteiger partial charge in [-0.2, -0.15) is 0 Å². The molecule has 134 valence electrons. The molecule has 0 aliphatic heterocycles. The van der Waals surface area contributed by atoms with Crippen LogP contribution < -0.4 is 5.32 Å². The summed E-state index contributed by atoms with van der Waals surface area (Å²) in [4.78, 5) is 12.8. The number of rotatable bonds is 4. The topological polar surface area (TPSA) is 55.1 Å². The molecule has 4 nitrogen and oxygen atoms in total. The van der Waals surface area contributed by atoms with E-state index in [9.17, 15) is 9.18 Å². The summed E-state index contributed by atoms with van der Waals surface area (Å²) in [6.07, 6.45) is 0. The Labute approximate surface area is 159 Å². The molecule has 26 heavy (non-hydrogen) atoms. The summed E-state index contributed by atoms with van der Waals surface area (Å²) in [6.45, 7) is 3.44. The molecule has 1 aromatic heterocycles. The van der Waals surface area contributed by atoms with Crippen molar-refractivity contribution in [1.82, 2.24) is 10.5 Å². The van der Waals surface area contributed by atoms with E-state index in [1.54, 1.807) is 44.2 Å². The lowest BCUT2D eigenvalue weighted by molar-refractivity contribution is 0.0939. The standard InChI is InChI=1S/C19H15Cl2FN2O2/c1-10(12-6-8-13(22)9-7-12)23-19(25)16-11(2)26-24-18(16)17-14(20)4-3-5-15(17)21/h3-10H,1-2H3,(H,23,25). The van der Waals surface area contributed by atoms with Crippen LogP contribution in [0.2, 0.25) is 10.0 Å². The van der Waals surface area contributed by atoms with Crippen molar-refractivity contribution < 1.29 is 13.7 Å². The number of aryl methyl sites for hydroxylation is 1. The van der Waals surface area contributed by atoms with E-state index >= 15 is 0 Å². The summed E-state index contributed by atoms with van der Waals surface area (Å²) >= 11 is 12.5. The van der Waals surface area contributed by atoms with Gasteiger partial charge in [0.05, 0.1) is 16.1 Å². The van der Waals surface area contributed by atoms with Crippen LogP contribution in [0.1, 0.15) is 34.6 Å². The summed E-state index contributed by atoms with van der Waals surface area (Å²) in [6, 6.07) is 10.6. The second kappa shape index (κ2) is 7.48. The van der Waals surface area contributed by atoms with Gasteiger partial charge in [-0.1, -0.05) is 46.6 Å². The number of amides is 1. The number of carbonyl (C=O) groups excluding carboxylic acids is 1. The number of carbonyl (C=O) groups is 1. The van der Waals surface area contributed by atoms with Crippen LogP contribution in [-0.2, 0) is 0 Å². The molecule has 7 heteroatoms. The van der Waals surface area contributed by atoms with Crippen LogP contribution in [0.5, 0.6) is 0 Å². The first-order valence-corrected chi connectivity index (χ1v) is 8.61. The smallest absolute Gasteiger partial charge is 0.257 e. The molecular formula is C19H15Cl2FN2O2. The van der Waals surface area contributed by atoms with Gasteiger partial charge in [0.25, 0.3) is 5.91 Å². The van der Waals surface area contributed by atoms with E-state index in [0.717, 1.165) is 5.56 Å². The third kappa shape index (κ3) is 3.59. The maximum atomic E-state index is 13.1. The normalized spacial score (nSPS) is 12.0. The molecule has 2 aromatic carbocycles. The lowest BCUT2D eigenvalue weighted by atomic mass is 10.0. The molecule has 0 saturated carbocycles. The van der Waals surface area contributed by atoms with Crippen LogP contribution >= 0.6 is 23.2 Å². The highest BCUT2D eigenvalue weighted by molar-refractivity contribution is 6.39. The van der Waals surface area contributed by atoms with Crippen molar-refractivity contribution in [2.24, 2.45) is 0 Å². The van der Waals surface area contributed by atoms with E-state index in [-0.39, 0.29) is 29.0 Å². The van der Waals surface area contributed by atoms with Gasteiger partial charge in [0.1, 0.15) is 22.8 Å². The lowest BCUT2D eigenvalue weighted by Crippen LogP contribution is -2.27. The zero-order valence-corrected chi connectivity index (χ0v) is 15.5. The Morgan fingerprint density at radius 2 is 1.77 bits per heavy atom. The van der Waals surface area contributed by atoms with Gasteiger partial charge in [0.15, 0.2) is 0 Å². The molecule has 0 spiro atoms. The van der Waals surface area contributed by atoms with Crippen molar-refractivity contribution in [1.29, 1.82) is 0 Å². The maximum Gasteiger partial charge on any atom is 0.257 e. The highest BCUT2D eigenvalue weighted by Crippen LogP contribution is 2.36. The minimum atomic E-state index is -0.383. The molecule has 0 saturated heterocycles. The molecule has 0 fully saturated rings. The molecule has 0 bridgehead atoms. The SMILES string of the molecule is Cc1onc(-c2c(Cl)cccc2Cl)c1C(=O)NC(C)c1ccc(F)cc1. The van der Waals surface area contributed by atoms with Gasteiger partial charge in [-0.3, -0.25) is 4.79 Å². The molecule has 1 amide bonds. The van der Waals surface area contributed by atoms with E-state index in [1.165, 1.54) is 12.1 Å². The number of halogens is 3. The van der Waals surface area contributed by atoms with Crippen LogP contribution in [0.25, 0.3) is 11.3 Å². The fourth-order valence-electron chi connectivity index (χ4n) is 2.64. The van der Waals surface area contributed by atoms with Crippen LogP contribution in [-0.4, -0.2) is 11.1 Å².